The van der Waals surface area contributed by atoms with Crippen LogP contribution in [0.4, 0.5) is 0 Å². The lowest BCUT2D eigenvalue weighted by molar-refractivity contribution is 0.00578. The van der Waals surface area contributed by atoms with Crippen molar-refractivity contribution in [2.45, 2.75) is 52.1 Å². The lowest BCUT2D eigenvalue weighted by Crippen LogP contribution is -2.41. The van der Waals surface area contributed by atoms with Gasteiger partial charge in [-0.05, 0) is 34.1 Å². The zero-order valence-corrected chi connectivity index (χ0v) is 10.4. The largest absolute Gasteiger partial charge is 0.516 e. The first-order valence-corrected chi connectivity index (χ1v) is 5.46. The minimum Gasteiger partial charge on any atom is -0.398 e. The van der Waals surface area contributed by atoms with Crippen LogP contribution in [0.1, 0.15) is 47.1 Å². The van der Waals surface area contributed by atoms with Gasteiger partial charge in [0, 0.05) is 19.2 Å². The van der Waals surface area contributed by atoms with E-state index in [0.717, 1.165) is 6.20 Å². The Bertz CT molecular complexity index is 544. The van der Waals surface area contributed by atoms with E-state index < -0.39 is 31.5 Å². The Hall–Kier alpha value is -0.935. The highest BCUT2D eigenvalue weighted by Gasteiger charge is 2.52. The number of aromatic nitrogens is 2. The molecule has 1 aromatic rings. The van der Waals surface area contributed by atoms with Crippen molar-refractivity contribution >= 4 is 12.7 Å². The Balaban J connectivity index is 2.25. The molecule has 2 heterocycles. The van der Waals surface area contributed by atoms with E-state index in [4.69, 9.17) is 16.2 Å². The van der Waals surface area contributed by atoms with Gasteiger partial charge in [-0.15, -0.1) is 0 Å². The smallest absolute Gasteiger partial charge is 0.398 e. The van der Waals surface area contributed by atoms with E-state index in [-0.39, 0.29) is 5.69 Å². The maximum Gasteiger partial charge on any atom is 0.516 e. The highest BCUT2D eigenvalue weighted by molar-refractivity contribution is 6.61. The van der Waals surface area contributed by atoms with Gasteiger partial charge in [0.25, 0.3) is 0 Å². The molecule has 0 amide bonds. The van der Waals surface area contributed by atoms with E-state index in [1.54, 1.807) is 0 Å². The predicted molar refractivity (Wildman–Crippen MR) is 67.1 cm³/mol. The van der Waals surface area contributed by atoms with Gasteiger partial charge in [0.1, 0.15) is 0 Å². The predicted octanol–water partition coefficient (Wildman–Crippen LogP) is 1.34. The minimum atomic E-state index is -2.81. The van der Waals surface area contributed by atoms with Crippen molar-refractivity contribution in [2.24, 2.45) is 0 Å². The molecule has 1 aliphatic rings. The quantitative estimate of drug-likeness (QED) is 0.730. The van der Waals surface area contributed by atoms with Crippen molar-refractivity contribution in [1.82, 2.24) is 9.97 Å². The van der Waals surface area contributed by atoms with Crippen LogP contribution >= 0.6 is 0 Å². The Morgan fingerprint density at radius 1 is 1.24 bits per heavy atom. The second kappa shape index (κ2) is 4.07. The van der Waals surface area contributed by atoms with Gasteiger partial charge in [-0.25, -0.2) is 0 Å². The molecule has 92 valence electrons. The van der Waals surface area contributed by atoms with Crippen LogP contribution < -0.4 is 5.59 Å². The lowest BCUT2D eigenvalue weighted by Gasteiger charge is -2.32. The van der Waals surface area contributed by atoms with Crippen molar-refractivity contribution in [1.29, 1.82) is 0 Å². The highest BCUT2D eigenvalue weighted by Crippen LogP contribution is 2.36. The molecule has 1 fully saturated rings. The summed E-state index contributed by atoms with van der Waals surface area (Å²) in [6.07, 6.45) is -0.151. The molecular formula is C12H19BN2O2. The van der Waals surface area contributed by atoms with Gasteiger partial charge in [-0.3, -0.25) is 9.97 Å². The van der Waals surface area contributed by atoms with Crippen LogP contribution in [0.15, 0.2) is 12.4 Å². The summed E-state index contributed by atoms with van der Waals surface area (Å²) in [6, 6.07) is 0. The van der Waals surface area contributed by atoms with Crippen molar-refractivity contribution in [2.75, 3.05) is 0 Å². The van der Waals surface area contributed by atoms with Gasteiger partial charge in [-0.2, -0.15) is 0 Å². The number of aryl methyl sites for hydroxylation is 1. The van der Waals surface area contributed by atoms with Crippen molar-refractivity contribution in [3.63, 3.8) is 0 Å². The normalized spacial score (nSPS) is 27.8. The first-order valence-electron chi connectivity index (χ1n) is 7.96. The average Bonchev–Trinajstić information content (AvgIpc) is 2.57. The number of nitrogens with zero attached hydrogens (tertiary/aromatic N) is 2. The van der Waals surface area contributed by atoms with Crippen LogP contribution in [0, 0.1) is 0 Å². The Morgan fingerprint density at radius 3 is 2.35 bits per heavy atom. The van der Waals surface area contributed by atoms with Crippen LogP contribution in [-0.4, -0.2) is 28.3 Å². The van der Waals surface area contributed by atoms with E-state index in [1.165, 1.54) is 6.20 Å². The zero-order valence-electron chi connectivity index (χ0n) is 15.4. The fraction of sp³-hybridized carbons (Fsp3) is 0.667. The van der Waals surface area contributed by atoms with Crippen molar-refractivity contribution in [3.05, 3.63) is 18.1 Å². The molecule has 0 N–H and O–H groups in total. The monoisotopic (exact) mass is 239 g/mol. The Kier molecular flexibility index (Phi) is 1.79. The summed E-state index contributed by atoms with van der Waals surface area (Å²) in [7, 11) is -0.717. The molecule has 0 aliphatic carbocycles. The summed E-state index contributed by atoms with van der Waals surface area (Å²) in [4.78, 5) is 7.97. The standard InChI is InChI=1S/C12H19BN2O2/c1-6-9-7-15-10(8-14-9)13-16-11(2,3)12(4,5)17-13/h7-8H,6H2,1-5H3/i1D3,6D2. The van der Waals surface area contributed by atoms with Gasteiger partial charge < -0.3 is 9.31 Å². The third kappa shape index (κ3) is 2.22. The maximum absolute atomic E-state index is 7.66. The third-order valence-corrected chi connectivity index (χ3v) is 3.29. The number of rotatable bonds is 2. The zero-order chi connectivity index (χ0) is 17.0. The van der Waals surface area contributed by atoms with E-state index in [0.29, 0.717) is 5.59 Å². The molecule has 1 saturated heterocycles. The van der Waals surface area contributed by atoms with Gasteiger partial charge in [0.05, 0.1) is 22.5 Å². The molecule has 0 spiro atoms. The molecule has 0 aromatic carbocycles. The molecule has 17 heavy (non-hydrogen) atoms. The summed E-state index contributed by atoms with van der Waals surface area (Å²) in [5.74, 6) is 0. The second-order valence-corrected chi connectivity index (χ2v) is 5.04. The molecule has 0 saturated carbocycles. The first kappa shape index (κ1) is 7.49. The van der Waals surface area contributed by atoms with Gasteiger partial charge >= 0.3 is 7.12 Å². The fourth-order valence-electron chi connectivity index (χ4n) is 1.49. The van der Waals surface area contributed by atoms with Crippen molar-refractivity contribution < 1.29 is 16.2 Å². The van der Waals surface area contributed by atoms with Crippen LogP contribution in [0.5, 0.6) is 0 Å². The summed E-state index contributed by atoms with van der Waals surface area (Å²) < 4.78 is 48.7. The van der Waals surface area contributed by atoms with Crippen LogP contribution in [0.3, 0.4) is 0 Å². The SMILES string of the molecule is [2H]C([2H])([2H])C([2H])([2H])c1cnc(B2OC(C)(C)C(C)(C)O2)cn1. The van der Waals surface area contributed by atoms with Crippen molar-refractivity contribution in [3.8, 4) is 0 Å². The molecule has 4 nitrogen and oxygen atoms in total. The molecule has 5 heteroatoms. The molecule has 2 rings (SSSR count). The summed E-state index contributed by atoms with van der Waals surface area (Å²) in [5.41, 5.74) is -0.909. The Morgan fingerprint density at radius 2 is 1.88 bits per heavy atom. The molecule has 1 aliphatic heterocycles. The van der Waals surface area contributed by atoms with Crippen LogP contribution in [0.2, 0.25) is 0 Å². The van der Waals surface area contributed by atoms with Crippen LogP contribution in [0.25, 0.3) is 0 Å². The maximum atomic E-state index is 7.66. The molecular weight excluding hydrogens is 215 g/mol. The van der Waals surface area contributed by atoms with E-state index >= 15 is 0 Å². The van der Waals surface area contributed by atoms with E-state index in [2.05, 4.69) is 9.97 Å². The number of hydrogen-bond donors (Lipinski definition) is 0. The minimum absolute atomic E-state index is 0.243. The molecule has 0 bridgehead atoms. The molecule has 1 aromatic heterocycles. The third-order valence-electron chi connectivity index (χ3n) is 3.29. The topological polar surface area (TPSA) is 44.2 Å². The molecule has 0 radical (unpaired) electrons. The molecule has 0 unspecified atom stereocenters. The van der Waals surface area contributed by atoms with E-state index in [9.17, 15) is 0 Å². The second-order valence-electron chi connectivity index (χ2n) is 5.04. The van der Waals surface area contributed by atoms with Crippen LogP contribution in [-0.2, 0) is 15.7 Å². The first-order chi connectivity index (χ1) is 9.78. The number of hydrogen-bond acceptors (Lipinski definition) is 4. The fourth-order valence-corrected chi connectivity index (χ4v) is 1.49. The van der Waals surface area contributed by atoms with Gasteiger partial charge in [0.15, 0.2) is 0 Å². The van der Waals surface area contributed by atoms with Gasteiger partial charge in [0.2, 0.25) is 0 Å². The van der Waals surface area contributed by atoms with E-state index in [1.807, 2.05) is 27.7 Å². The summed E-state index contributed by atoms with van der Waals surface area (Å²) >= 11 is 0. The Labute approximate surface area is 110 Å². The average molecular weight is 239 g/mol. The highest BCUT2D eigenvalue weighted by atomic mass is 16.7. The summed E-state index contributed by atoms with van der Waals surface area (Å²) in [5, 5.41) is 0. The summed E-state index contributed by atoms with van der Waals surface area (Å²) in [6.45, 7) is 4.81. The molecule has 0 atom stereocenters. The lowest BCUT2D eigenvalue weighted by atomic mass is 9.85. The van der Waals surface area contributed by atoms with Gasteiger partial charge in [-0.1, -0.05) is 6.85 Å².